The molecule has 0 aromatic heterocycles. The van der Waals surface area contributed by atoms with Crippen LogP contribution in [0.4, 0.5) is 4.79 Å². The van der Waals surface area contributed by atoms with Crippen LogP contribution < -0.4 is 5.32 Å². The van der Waals surface area contributed by atoms with E-state index in [-0.39, 0.29) is 18.0 Å². The van der Waals surface area contributed by atoms with Crippen molar-refractivity contribution in [3.63, 3.8) is 0 Å². The second kappa shape index (κ2) is 9.93. The highest BCUT2D eigenvalue weighted by atomic mass is 32.2. The van der Waals surface area contributed by atoms with Crippen molar-refractivity contribution in [3.8, 4) is 0 Å². The summed E-state index contributed by atoms with van der Waals surface area (Å²) in [5.41, 5.74) is 0.929. The molecule has 0 aliphatic carbocycles. The van der Waals surface area contributed by atoms with Gasteiger partial charge in [0.05, 0.1) is 10.9 Å². The molecule has 2 aromatic rings. The number of hydrogen-bond acceptors (Lipinski definition) is 6. The summed E-state index contributed by atoms with van der Waals surface area (Å²) in [6, 6.07) is 13.6. The van der Waals surface area contributed by atoms with E-state index in [1.54, 1.807) is 45.0 Å². The fourth-order valence-corrected chi connectivity index (χ4v) is 5.11. The van der Waals surface area contributed by atoms with Gasteiger partial charge in [-0.3, -0.25) is 0 Å². The van der Waals surface area contributed by atoms with Crippen molar-refractivity contribution in [3.05, 3.63) is 65.7 Å². The number of rotatable bonds is 7. The zero-order valence-electron chi connectivity index (χ0n) is 19.3. The predicted molar refractivity (Wildman–Crippen MR) is 123 cm³/mol. The van der Waals surface area contributed by atoms with E-state index >= 15 is 0 Å². The van der Waals surface area contributed by atoms with E-state index in [0.717, 1.165) is 11.1 Å². The molecule has 1 heterocycles. The third kappa shape index (κ3) is 6.33. The van der Waals surface area contributed by atoms with Gasteiger partial charge in [0.15, 0.2) is 0 Å². The molecule has 9 heteroatoms. The van der Waals surface area contributed by atoms with Crippen molar-refractivity contribution in [2.24, 2.45) is 0 Å². The summed E-state index contributed by atoms with van der Waals surface area (Å²) in [6.45, 7) is 7.21. The van der Waals surface area contributed by atoms with E-state index in [2.05, 4.69) is 5.32 Å². The number of carbonyl (C=O) groups is 2. The molecule has 0 radical (unpaired) electrons. The smallest absolute Gasteiger partial charge is 0.408 e. The minimum absolute atomic E-state index is 0.00358. The summed E-state index contributed by atoms with van der Waals surface area (Å²) in [7, 11) is -3.85. The van der Waals surface area contributed by atoms with Crippen LogP contribution in [-0.2, 0) is 30.9 Å². The van der Waals surface area contributed by atoms with Gasteiger partial charge in [0.25, 0.3) is 0 Å². The Labute approximate surface area is 194 Å². The molecule has 1 aliphatic rings. The van der Waals surface area contributed by atoms with Gasteiger partial charge in [0.2, 0.25) is 10.0 Å². The Kier molecular flexibility index (Phi) is 7.44. The predicted octanol–water partition coefficient (Wildman–Crippen LogP) is 3.39. The number of alkyl carbamates (subject to hydrolysis) is 1. The Morgan fingerprint density at radius 3 is 2.27 bits per heavy atom. The number of hydrogen-bond donors (Lipinski definition) is 1. The topological polar surface area (TPSA) is 102 Å². The van der Waals surface area contributed by atoms with Crippen molar-refractivity contribution in [1.29, 1.82) is 0 Å². The SMILES string of the molecule is Cc1ccc(S(=O)(=O)N2CC[C@H]2[C@@H](NC(=O)OC(C)(C)C)C(=O)OCc2ccccc2)cc1. The van der Waals surface area contributed by atoms with Crippen LogP contribution in [0.3, 0.4) is 0 Å². The molecule has 0 spiro atoms. The van der Waals surface area contributed by atoms with Gasteiger partial charge in [0, 0.05) is 6.54 Å². The van der Waals surface area contributed by atoms with Gasteiger partial charge in [-0.15, -0.1) is 0 Å². The number of sulfonamides is 1. The van der Waals surface area contributed by atoms with Crippen molar-refractivity contribution < 1.29 is 27.5 Å². The standard InChI is InChI=1S/C24H30N2O6S/c1-17-10-12-19(13-11-17)33(29,30)26-15-14-20(26)21(25-23(28)32-24(2,3)4)22(27)31-16-18-8-6-5-7-9-18/h5-13,20-21H,14-16H2,1-4H3,(H,25,28)/t20-,21+/m0/s1. The molecule has 0 saturated carbocycles. The molecule has 1 N–H and O–H groups in total. The number of nitrogens with zero attached hydrogens (tertiary/aromatic N) is 1. The largest absolute Gasteiger partial charge is 0.459 e. The Morgan fingerprint density at radius 2 is 1.73 bits per heavy atom. The number of carbonyl (C=O) groups excluding carboxylic acids is 2. The van der Waals surface area contributed by atoms with Gasteiger partial charge < -0.3 is 14.8 Å². The van der Waals surface area contributed by atoms with Crippen molar-refractivity contribution in [1.82, 2.24) is 9.62 Å². The summed E-state index contributed by atoms with van der Waals surface area (Å²) in [4.78, 5) is 25.6. The zero-order valence-corrected chi connectivity index (χ0v) is 20.1. The van der Waals surface area contributed by atoms with Crippen molar-refractivity contribution in [2.75, 3.05) is 6.54 Å². The third-order valence-corrected chi connectivity index (χ3v) is 7.12. The first kappa shape index (κ1) is 24.7. The molecule has 2 atom stereocenters. The highest BCUT2D eigenvalue weighted by Crippen LogP contribution is 2.30. The quantitative estimate of drug-likeness (QED) is 0.617. The molecule has 1 aliphatic heterocycles. The van der Waals surface area contributed by atoms with Crippen LogP contribution in [-0.4, -0.2) is 49.0 Å². The molecule has 178 valence electrons. The Balaban J connectivity index is 1.80. The first-order valence-corrected chi connectivity index (χ1v) is 12.2. The lowest BCUT2D eigenvalue weighted by Gasteiger charge is -2.43. The first-order valence-electron chi connectivity index (χ1n) is 10.8. The fourth-order valence-electron chi connectivity index (χ4n) is 3.43. The average Bonchev–Trinajstić information content (AvgIpc) is 2.70. The molecule has 0 unspecified atom stereocenters. The number of aryl methyl sites for hydroxylation is 1. The average molecular weight is 475 g/mol. The van der Waals surface area contributed by atoms with Crippen LogP contribution in [0.5, 0.6) is 0 Å². The van der Waals surface area contributed by atoms with E-state index in [0.29, 0.717) is 6.42 Å². The monoisotopic (exact) mass is 474 g/mol. The first-order chi connectivity index (χ1) is 15.5. The number of nitrogens with one attached hydrogen (secondary N) is 1. The molecule has 1 fully saturated rings. The summed E-state index contributed by atoms with van der Waals surface area (Å²) < 4.78 is 38.3. The Hall–Kier alpha value is -2.91. The van der Waals surface area contributed by atoms with Crippen LogP contribution in [0.25, 0.3) is 0 Å². The maximum absolute atomic E-state index is 13.2. The Morgan fingerprint density at radius 1 is 1.09 bits per heavy atom. The second-order valence-corrected chi connectivity index (χ2v) is 10.9. The lowest BCUT2D eigenvalue weighted by atomic mass is 9.98. The van der Waals surface area contributed by atoms with Crippen LogP contribution in [0, 0.1) is 6.92 Å². The van der Waals surface area contributed by atoms with E-state index in [1.165, 1.54) is 16.4 Å². The van der Waals surface area contributed by atoms with E-state index < -0.39 is 39.8 Å². The van der Waals surface area contributed by atoms with Gasteiger partial charge >= 0.3 is 12.1 Å². The molecule has 1 amide bonds. The van der Waals surface area contributed by atoms with Crippen LogP contribution >= 0.6 is 0 Å². The highest BCUT2D eigenvalue weighted by molar-refractivity contribution is 7.89. The lowest BCUT2D eigenvalue weighted by molar-refractivity contribution is -0.150. The molecule has 0 bridgehead atoms. The lowest BCUT2D eigenvalue weighted by Crippen LogP contribution is -2.64. The van der Waals surface area contributed by atoms with Crippen LogP contribution in [0.1, 0.15) is 38.3 Å². The minimum Gasteiger partial charge on any atom is -0.459 e. The maximum Gasteiger partial charge on any atom is 0.408 e. The Bertz CT molecular complexity index is 1080. The summed E-state index contributed by atoms with van der Waals surface area (Å²) in [6.07, 6.45) is -0.421. The molecular weight excluding hydrogens is 444 g/mol. The van der Waals surface area contributed by atoms with E-state index in [1.807, 2.05) is 25.1 Å². The number of benzene rings is 2. The van der Waals surface area contributed by atoms with Gasteiger partial charge in [-0.05, 0) is 51.8 Å². The second-order valence-electron chi connectivity index (χ2n) is 9.00. The van der Waals surface area contributed by atoms with E-state index in [9.17, 15) is 18.0 Å². The molecule has 33 heavy (non-hydrogen) atoms. The molecule has 2 aromatic carbocycles. The van der Waals surface area contributed by atoms with Crippen LogP contribution in [0.15, 0.2) is 59.5 Å². The molecule has 3 rings (SSSR count). The molecule has 1 saturated heterocycles. The van der Waals surface area contributed by atoms with Gasteiger partial charge in [-0.25, -0.2) is 18.0 Å². The summed E-state index contributed by atoms with van der Waals surface area (Å²) in [5, 5.41) is 2.53. The molecule has 8 nitrogen and oxygen atoms in total. The molecular formula is C24H30N2O6S. The van der Waals surface area contributed by atoms with Crippen molar-refractivity contribution in [2.45, 2.75) is 63.3 Å². The van der Waals surface area contributed by atoms with Gasteiger partial charge in [0.1, 0.15) is 18.2 Å². The number of ether oxygens (including phenoxy) is 2. The summed E-state index contributed by atoms with van der Waals surface area (Å²) in [5.74, 6) is -0.724. The van der Waals surface area contributed by atoms with E-state index in [4.69, 9.17) is 9.47 Å². The van der Waals surface area contributed by atoms with Gasteiger partial charge in [-0.1, -0.05) is 48.0 Å². The number of esters is 1. The van der Waals surface area contributed by atoms with Crippen LogP contribution in [0.2, 0.25) is 0 Å². The number of amides is 1. The maximum atomic E-state index is 13.2. The van der Waals surface area contributed by atoms with Gasteiger partial charge in [-0.2, -0.15) is 4.31 Å². The van der Waals surface area contributed by atoms with Crippen molar-refractivity contribution >= 4 is 22.1 Å². The minimum atomic E-state index is -3.85. The highest BCUT2D eigenvalue weighted by Gasteiger charge is 2.47. The summed E-state index contributed by atoms with van der Waals surface area (Å²) >= 11 is 0. The third-order valence-electron chi connectivity index (χ3n) is 5.18. The normalized spacial score (nSPS) is 17.5. The fraction of sp³-hybridized carbons (Fsp3) is 0.417. The zero-order chi connectivity index (χ0) is 24.2.